The predicted molar refractivity (Wildman–Crippen MR) is 93.0 cm³/mol. The molecule has 2 aliphatic heterocycles. The molecule has 2 saturated heterocycles. The summed E-state index contributed by atoms with van der Waals surface area (Å²) in [6, 6.07) is 10.6. The maximum absolute atomic E-state index is 13.0. The average molecular weight is 313 g/mol. The molecule has 23 heavy (non-hydrogen) atoms. The Morgan fingerprint density at radius 3 is 2.61 bits per heavy atom. The minimum Gasteiger partial charge on any atom is -0.381 e. The zero-order valence-electron chi connectivity index (χ0n) is 13.8. The lowest BCUT2D eigenvalue weighted by molar-refractivity contribution is -0.139. The number of hydrogen-bond donors (Lipinski definition) is 0. The third-order valence-corrected chi connectivity index (χ3v) is 4.96. The summed E-state index contributed by atoms with van der Waals surface area (Å²) in [5.74, 6) is 0.507. The fraction of sp³-hybridized carbons (Fsp3) is 0.550. The van der Waals surface area contributed by atoms with Gasteiger partial charge in [-0.15, -0.1) is 0 Å². The van der Waals surface area contributed by atoms with E-state index in [0.717, 1.165) is 45.4 Å². The number of nitrogens with zero attached hydrogens (tertiary/aromatic N) is 1. The van der Waals surface area contributed by atoms with Gasteiger partial charge in [-0.3, -0.25) is 4.79 Å². The van der Waals surface area contributed by atoms with Gasteiger partial charge < -0.3 is 9.64 Å². The van der Waals surface area contributed by atoms with Crippen molar-refractivity contribution >= 4 is 12.0 Å². The van der Waals surface area contributed by atoms with Gasteiger partial charge in [0.2, 0.25) is 5.91 Å². The van der Waals surface area contributed by atoms with Gasteiger partial charge in [0.15, 0.2) is 0 Å². The number of ether oxygens (including phenoxy) is 1. The first kappa shape index (κ1) is 16.3. The van der Waals surface area contributed by atoms with Crippen molar-refractivity contribution in [1.29, 1.82) is 0 Å². The molecule has 0 aliphatic carbocycles. The summed E-state index contributed by atoms with van der Waals surface area (Å²) < 4.78 is 5.41. The fourth-order valence-corrected chi connectivity index (χ4v) is 3.57. The Hall–Kier alpha value is -1.61. The van der Waals surface area contributed by atoms with Crippen molar-refractivity contribution < 1.29 is 9.53 Å². The number of likely N-dealkylation sites (tertiary alicyclic amines) is 1. The normalized spacial score (nSPS) is 23.8. The van der Waals surface area contributed by atoms with Gasteiger partial charge in [-0.1, -0.05) is 55.3 Å². The van der Waals surface area contributed by atoms with Gasteiger partial charge in [0.05, 0.1) is 6.04 Å². The third kappa shape index (κ3) is 4.44. The van der Waals surface area contributed by atoms with Gasteiger partial charge >= 0.3 is 0 Å². The van der Waals surface area contributed by atoms with Crippen molar-refractivity contribution in [1.82, 2.24) is 4.90 Å². The van der Waals surface area contributed by atoms with Gasteiger partial charge in [0, 0.05) is 25.7 Å². The molecule has 0 N–H and O–H groups in total. The monoisotopic (exact) mass is 313 g/mol. The van der Waals surface area contributed by atoms with Gasteiger partial charge in [-0.2, -0.15) is 0 Å². The van der Waals surface area contributed by atoms with Crippen molar-refractivity contribution in [3.8, 4) is 0 Å². The molecule has 0 aromatic heterocycles. The zero-order chi connectivity index (χ0) is 15.9. The quantitative estimate of drug-likeness (QED) is 0.847. The van der Waals surface area contributed by atoms with Crippen LogP contribution in [0.25, 0.3) is 6.08 Å². The molecule has 124 valence electrons. The third-order valence-electron chi connectivity index (χ3n) is 4.96. The first-order valence-electron chi connectivity index (χ1n) is 8.96. The number of carbonyl (C=O) groups excluding carboxylic acids is 1. The molecule has 0 unspecified atom stereocenters. The summed E-state index contributed by atoms with van der Waals surface area (Å²) in [4.78, 5) is 15.1. The van der Waals surface area contributed by atoms with E-state index in [1.807, 2.05) is 6.07 Å². The van der Waals surface area contributed by atoms with Gasteiger partial charge in [0.25, 0.3) is 0 Å². The average Bonchev–Trinajstić information content (AvgIpc) is 2.86. The number of rotatable bonds is 3. The number of amides is 1. The standard InChI is InChI=1S/C20H27NO2/c22-20(18-12-15-23-16-13-18)21-14-6-2-5-9-19(21)11-10-17-7-3-1-4-8-17/h1,3-4,7-8,10-11,18-19H,2,5-6,9,12-16H2/b11-10+/t19-/m0/s1. The molecule has 3 rings (SSSR count). The topological polar surface area (TPSA) is 29.5 Å². The van der Waals surface area contributed by atoms with E-state index in [2.05, 4.69) is 41.3 Å². The van der Waals surface area contributed by atoms with Crippen LogP contribution in [0.3, 0.4) is 0 Å². The highest BCUT2D eigenvalue weighted by molar-refractivity contribution is 5.79. The summed E-state index contributed by atoms with van der Waals surface area (Å²) in [5, 5.41) is 0. The van der Waals surface area contributed by atoms with Crippen molar-refractivity contribution in [2.45, 2.75) is 44.6 Å². The molecule has 0 spiro atoms. The van der Waals surface area contributed by atoms with Crippen LogP contribution in [0.5, 0.6) is 0 Å². The van der Waals surface area contributed by atoms with Crippen LogP contribution in [0.4, 0.5) is 0 Å². The summed E-state index contributed by atoms with van der Waals surface area (Å²) in [7, 11) is 0. The maximum atomic E-state index is 13.0. The summed E-state index contributed by atoms with van der Waals surface area (Å²) >= 11 is 0. The predicted octanol–water partition coefficient (Wildman–Crippen LogP) is 3.90. The Labute approximate surface area is 139 Å². The molecule has 0 bridgehead atoms. The lowest BCUT2D eigenvalue weighted by atomic mass is 9.97. The molecule has 3 heteroatoms. The molecule has 2 fully saturated rings. The SMILES string of the molecule is O=C(C1CCOCC1)N1CCCCC[C@H]1/C=C/c1ccccc1. The summed E-state index contributed by atoms with van der Waals surface area (Å²) in [6.07, 6.45) is 10.8. The van der Waals surface area contributed by atoms with Gasteiger partial charge in [0.1, 0.15) is 0 Å². The van der Waals surface area contributed by atoms with E-state index in [4.69, 9.17) is 4.74 Å². The minimum atomic E-state index is 0.162. The fourth-order valence-electron chi connectivity index (χ4n) is 3.57. The number of benzene rings is 1. The highest BCUT2D eigenvalue weighted by Gasteiger charge is 2.30. The van der Waals surface area contributed by atoms with Crippen molar-refractivity contribution in [3.05, 3.63) is 42.0 Å². The largest absolute Gasteiger partial charge is 0.381 e. The Morgan fingerprint density at radius 1 is 1.04 bits per heavy atom. The van der Waals surface area contributed by atoms with Crippen LogP contribution in [-0.2, 0) is 9.53 Å². The van der Waals surface area contributed by atoms with Crippen LogP contribution in [0.15, 0.2) is 36.4 Å². The van der Waals surface area contributed by atoms with E-state index in [-0.39, 0.29) is 12.0 Å². The lowest BCUT2D eigenvalue weighted by Crippen LogP contribution is -2.43. The number of hydrogen-bond acceptors (Lipinski definition) is 2. The molecular weight excluding hydrogens is 286 g/mol. The van der Waals surface area contributed by atoms with E-state index in [9.17, 15) is 4.79 Å². The van der Waals surface area contributed by atoms with Crippen molar-refractivity contribution in [3.63, 3.8) is 0 Å². The van der Waals surface area contributed by atoms with E-state index < -0.39 is 0 Å². The highest BCUT2D eigenvalue weighted by Crippen LogP contribution is 2.24. The van der Waals surface area contributed by atoms with Gasteiger partial charge in [-0.25, -0.2) is 0 Å². The Kier molecular flexibility index (Phi) is 5.87. The second-order valence-corrected chi connectivity index (χ2v) is 6.60. The minimum absolute atomic E-state index is 0.162. The van der Waals surface area contributed by atoms with Crippen LogP contribution < -0.4 is 0 Å². The molecule has 1 aromatic carbocycles. The first-order valence-corrected chi connectivity index (χ1v) is 8.96. The van der Waals surface area contributed by atoms with Crippen LogP contribution in [0, 0.1) is 5.92 Å². The molecule has 3 nitrogen and oxygen atoms in total. The van der Waals surface area contributed by atoms with Crippen LogP contribution in [-0.4, -0.2) is 36.6 Å². The first-order chi connectivity index (χ1) is 11.3. The molecule has 1 amide bonds. The molecule has 2 heterocycles. The molecule has 1 atom stereocenters. The smallest absolute Gasteiger partial charge is 0.226 e. The van der Waals surface area contributed by atoms with Crippen LogP contribution in [0.1, 0.15) is 44.1 Å². The molecule has 1 aromatic rings. The van der Waals surface area contributed by atoms with Crippen LogP contribution >= 0.6 is 0 Å². The maximum Gasteiger partial charge on any atom is 0.226 e. The Morgan fingerprint density at radius 2 is 1.83 bits per heavy atom. The molecular formula is C20H27NO2. The van der Waals surface area contributed by atoms with E-state index in [1.54, 1.807) is 0 Å². The molecule has 0 saturated carbocycles. The second-order valence-electron chi connectivity index (χ2n) is 6.60. The Bertz CT molecular complexity index is 520. The molecule has 0 radical (unpaired) electrons. The van der Waals surface area contributed by atoms with Crippen molar-refractivity contribution in [2.24, 2.45) is 5.92 Å². The molecule has 2 aliphatic rings. The second kappa shape index (κ2) is 8.30. The number of carbonyl (C=O) groups is 1. The summed E-state index contributed by atoms with van der Waals surface area (Å²) in [6.45, 7) is 2.36. The van der Waals surface area contributed by atoms with E-state index in [0.29, 0.717) is 5.91 Å². The van der Waals surface area contributed by atoms with Crippen LogP contribution in [0.2, 0.25) is 0 Å². The summed E-state index contributed by atoms with van der Waals surface area (Å²) in [5.41, 5.74) is 1.20. The Balaban J connectivity index is 1.71. The van der Waals surface area contributed by atoms with E-state index >= 15 is 0 Å². The van der Waals surface area contributed by atoms with Gasteiger partial charge in [-0.05, 0) is 31.2 Å². The van der Waals surface area contributed by atoms with E-state index in [1.165, 1.54) is 18.4 Å². The zero-order valence-corrected chi connectivity index (χ0v) is 13.8. The highest BCUT2D eigenvalue weighted by atomic mass is 16.5. The van der Waals surface area contributed by atoms with Crippen molar-refractivity contribution in [2.75, 3.05) is 19.8 Å². The lowest BCUT2D eigenvalue weighted by Gasteiger charge is -2.33.